The van der Waals surface area contributed by atoms with Gasteiger partial charge in [-0.05, 0) is 17.7 Å². The van der Waals surface area contributed by atoms with Gasteiger partial charge in [0, 0.05) is 11.6 Å². The van der Waals surface area contributed by atoms with Crippen molar-refractivity contribution >= 4 is 5.82 Å². The number of nitrogens with zero attached hydrogens (tertiary/aromatic N) is 1. The Morgan fingerprint density at radius 1 is 1.25 bits per heavy atom. The Morgan fingerprint density at radius 2 is 2.00 bits per heavy atom. The Kier molecular flexibility index (Phi) is 2.55. The van der Waals surface area contributed by atoms with E-state index in [0.717, 1.165) is 6.07 Å². The standard InChI is InChI=1S/C10H8F3N3/c11-4-5-1-6(10(13)7(12)2-5)8-3-9(14)16-15-8/h1-3H,4H2,(H3,14,15,16). The lowest BCUT2D eigenvalue weighted by Gasteiger charge is -2.03. The van der Waals surface area contributed by atoms with Crippen molar-refractivity contribution in [3.63, 3.8) is 0 Å². The molecule has 0 spiro atoms. The molecule has 0 amide bonds. The number of H-pyrrole nitrogens is 1. The first-order valence-electron chi connectivity index (χ1n) is 4.47. The van der Waals surface area contributed by atoms with E-state index in [4.69, 9.17) is 5.73 Å². The van der Waals surface area contributed by atoms with Gasteiger partial charge in [-0.25, -0.2) is 13.2 Å². The van der Waals surface area contributed by atoms with Gasteiger partial charge in [0.25, 0.3) is 0 Å². The van der Waals surface area contributed by atoms with Crippen molar-refractivity contribution in [3.05, 3.63) is 35.4 Å². The SMILES string of the molecule is Nc1cc(-c2cc(CF)cc(F)c2F)[nH]n1. The van der Waals surface area contributed by atoms with E-state index in [2.05, 4.69) is 10.2 Å². The molecule has 2 rings (SSSR count). The van der Waals surface area contributed by atoms with Crippen molar-refractivity contribution in [2.24, 2.45) is 0 Å². The molecule has 1 aromatic carbocycles. The molecule has 3 nitrogen and oxygen atoms in total. The van der Waals surface area contributed by atoms with Gasteiger partial charge in [-0.3, -0.25) is 5.10 Å². The van der Waals surface area contributed by atoms with Crippen LogP contribution in [0.15, 0.2) is 18.2 Å². The molecule has 0 saturated carbocycles. The quantitative estimate of drug-likeness (QED) is 0.827. The van der Waals surface area contributed by atoms with Crippen LogP contribution in [0.1, 0.15) is 5.56 Å². The van der Waals surface area contributed by atoms with Crippen molar-refractivity contribution < 1.29 is 13.2 Å². The summed E-state index contributed by atoms with van der Waals surface area (Å²) in [4.78, 5) is 0. The highest BCUT2D eigenvalue weighted by atomic mass is 19.2. The molecule has 0 fully saturated rings. The number of hydrogen-bond acceptors (Lipinski definition) is 2. The molecule has 1 aromatic heterocycles. The van der Waals surface area contributed by atoms with Crippen LogP contribution >= 0.6 is 0 Å². The first-order valence-corrected chi connectivity index (χ1v) is 4.47. The largest absolute Gasteiger partial charge is 0.382 e. The second kappa shape index (κ2) is 3.88. The van der Waals surface area contributed by atoms with Crippen LogP contribution in [0.5, 0.6) is 0 Å². The smallest absolute Gasteiger partial charge is 0.168 e. The number of anilines is 1. The summed E-state index contributed by atoms with van der Waals surface area (Å²) < 4.78 is 38.9. The third-order valence-electron chi connectivity index (χ3n) is 2.13. The molecule has 0 aliphatic heterocycles. The first-order chi connectivity index (χ1) is 7.61. The zero-order valence-electron chi connectivity index (χ0n) is 8.10. The predicted octanol–water partition coefficient (Wildman–Crippen LogP) is 2.41. The number of alkyl halides is 1. The summed E-state index contributed by atoms with van der Waals surface area (Å²) in [6.45, 7) is -0.867. The summed E-state index contributed by atoms with van der Waals surface area (Å²) in [6, 6.07) is 3.38. The molecule has 0 unspecified atom stereocenters. The molecule has 84 valence electrons. The normalized spacial score (nSPS) is 10.7. The summed E-state index contributed by atoms with van der Waals surface area (Å²) in [5, 5.41) is 6.03. The van der Waals surface area contributed by atoms with Crippen LogP contribution in [0.4, 0.5) is 19.0 Å². The van der Waals surface area contributed by atoms with Crippen LogP contribution in [0, 0.1) is 11.6 Å². The van der Waals surface area contributed by atoms with Gasteiger partial charge in [-0.2, -0.15) is 5.10 Å². The average molecular weight is 227 g/mol. The number of hydrogen-bond donors (Lipinski definition) is 2. The second-order valence-corrected chi connectivity index (χ2v) is 3.28. The summed E-state index contributed by atoms with van der Waals surface area (Å²) >= 11 is 0. The fraction of sp³-hybridized carbons (Fsp3) is 0.100. The molecule has 2 aromatic rings. The summed E-state index contributed by atoms with van der Waals surface area (Å²) in [7, 11) is 0. The summed E-state index contributed by atoms with van der Waals surface area (Å²) in [6.07, 6.45) is 0. The van der Waals surface area contributed by atoms with Crippen molar-refractivity contribution in [2.45, 2.75) is 6.67 Å². The number of benzene rings is 1. The van der Waals surface area contributed by atoms with Gasteiger partial charge in [-0.1, -0.05) is 0 Å². The maximum absolute atomic E-state index is 13.4. The fourth-order valence-corrected chi connectivity index (χ4v) is 1.39. The van der Waals surface area contributed by atoms with Gasteiger partial charge in [0.1, 0.15) is 12.5 Å². The monoisotopic (exact) mass is 227 g/mol. The Bertz CT molecular complexity index is 522. The van der Waals surface area contributed by atoms with E-state index < -0.39 is 18.3 Å². The van der Waals surface area contributed by atoms with E-state index in [9.17, 15) is 13.2 Å². The third kappa shape index (κ3) is 1.73. The average Bonchev–Trinajstić information content (AvgIpc) is 2.68. The maximum Gasteiger partial charge on any atom is 0.168 e. The van der Waals surface area contributed by atoms with Crippen LogP contribution in [0.25, 0.3) is 11.3 Å². The highest BCUT2D eigenvalue weighted by Crippen LogP contribution is 2.25. The second-order valence-electron chi connectivity index (χ2n) is 3.28. The van der Waals surface area contributed by atoms with Crippen LogP contribution in [0.2, 0.25) is 0 Å². The zero-order chi connectivity index (χ0) is 11.7. The molecule has 0 aliphatic carbocycles. The molecule has 0 atom stereocenters. The molecule has 6 heteroatoms. The molecular weight excluding hydrogens is 219 g/mol. The van der Waals surface area contributed by atoms with Crippen LogP contribution in [-0.4, -0.2) is 10.2 Å². The lowest BCUT2D eigenvalue weighted by Crippen LogP contribution is -1.93. The molecular formula is C10H8F3N3. The number of rotatable bonds is 2. The minimum absolute atomic E-state index is 0.0575. The molecule has 1 heterocycles. The highest BCUT2D eigenvalue weighted by molar-refractivity contribution is 5.63. The van der Waals surface area contributed by atoms with E-state index in [1.807, 2.05) is 0 Å². The van der Waals surface area contributed by atoms with E-state index in [0.29, 0.717) is 0 Å². The van der Waals surface area contributed by atoms with Crippen LogP contribution in [0.3, 0.4) is 0 Å². The molecule has 16 heavy (non-hydrogen) atoms. The number of aromatic nitrogens is 2. The van der Waals surface area contributed by atoms with Crippen LogP contribution < -0.4 is 5.73 Å². The van der Waals surface area contributed by atoms with Gasteiger partial charge in [-0.15, -0.1) is 0 Å². The van der Waals surface area contributed by atoms with Crippen molar-refractivity contribution in [2.75, 3.05) is 5.73 Å². The Morgan fingerprint density at radius 3 is 2.56 bits per heavy atom. The van der Waals surface area contributed by atoms with Crippen molar-refractivity contribution in [3.8, 4) is 11.3 Å². The van der Waals surface area contributed by atoms with E-state index in [1.54, 1.807) is 0 Å². The molecule has 0 radical (unpaired) electrons. The van der Waals surface area contributed by atoms with Gasteiger partial charge >= 0.3 is 0 Å². The molecule has 0 bridgehead atoms. The third-order valence-corrected chi connectivity index (χ3v) is 2.13. The lowest BCUT2D eigenvalue weighted by atomic mass is 10.1. The molecule has 0 aliphatic rings. The summed E-state index contributed by atoms with van der Waals surface area (Å²) in [5.41, 5.74) is 5.53. The van der Waals surface area contributed by atoms with Gasteiger partial charge < -0.3 is 5.73 Å². The zero-order valence-corrected chi connectivity index (χ0v) is 8.10. The minimum Gasteiger partial charge on any atom is -0.382 e. The predicted molar refractivity (Wildman–Crippen MR) is 53.2 cm³/mol. The van der Waals surface area contributed by atoms with E-state index >= 15 is 0 Å². The van der Waals surface area contributed by atoms with Crippen molar-refractivity contribution in [1.82, 2.24) is 10.2 Å². The fourth-order valence-electron chi connectivity index (χ4n) is 1.39. The number of nitrogens with two attached hydrogens (primary N) is 1. The number of nitrogens with one attached hydrogen (secondary N) is 1. The van der Waals surface area contributed by atoms with Gasteiger partial charge in [0.2, 0.25) is 0 Å². The first kappa shape index (κ1) is 10.5. The number of halogens is 3. The Hall–Kier alpha value is -1.98. The van der Waals surface area contributed by atoms with Gasteiger partial charge in [0.15, 0.2) is 11.6 Å². The maximum atomic E-state index is 13.4. The molecule has 0 saturated heterocycles. The lowest BCUT2D eigenvalue weighted by molar-refractivity contribution is 0.473. The van der Waals surface area contributed by atoms with Crippen molar-refractivity contribution in [1.29, 1.82) is 0 Å². The Labute approximate surface area is 89.1 Å². The number of aromatic amines is 1. The highest BCUT2D eigenvalue weighted by Gasteiger charge is 2.14. The summed E-state index contributed by atoms with van der Waals surface area (Å²) in [5.74, 6) is -2.00. The van der Waals surface area contributed by atoms with E-state index in [1.165, 1.54) is 12.1 Å². The minimum atomic E-state index is -1.10. The van der Waals surface area contributed by atoms with Gasteiger partial charge in [0.05, 0.1) is 5.69 Å². The molecule has 3 N–H and O–H groups in total. The number of nitrogen functional groups attached to an aromatic ring is 1. The Balaban J connectivity index is 2.59. The van der Waals surface area contributed by atoms with E-state index in [-0.39, 0.29) is 22.6 Å². The van der Waals surface area contributed by atoms with Crippen LogP contribution in [-0.2, 0) is 6.67 Å². The topological polar surface area (TPSA) is 54.7 Å².